The standard InChI is InChI=1S/C17H20NO4P/c1-14(17(19)21-13-15-9-5-3-6-10-15)18-23(20-2)22-16-11-7-4-8-12-16/h3-12,14,18H,13H2,1-2H3/t14-,23?/m0/s1. The molecule has 1 N–H and O–H groups in total. The lowest BCUT2D eigenvalue weighted by Gasteiger charge is -2.20. The molecule has 0 heterocycles. The van der Waals surface area contributed by atoms with Gasteiger partial charge in [-0.1, -0.05) is 48.5 Å². The maximum Gasteiger partial charge on any atom is 0.323 e. The summed E-state index contributed by atoms with van der Waals surface area (Å²) in [7, 11) is 0.109. The first-order valence-corrected chi connectivity index (χ1v) is 8.41. The van der Waals surface area contributed by atoms with Crippen LogP contribution in [0.2, 0.25) is 0 Å². The van der Waals surface area contributed by atoms with E-state index >= 15 is 0 Å². The number of carbonyl (C=O) groups is 1. The van der Waals surface area contributed by atoms with E-state index in [-0.39, 0.29) is 12.6 Å². The second-order valence-electron chi connectivity index (χ2n) is 4.79. The minimum absolute atomic E-state index is 0.246. The molecule has 0 aliphatic rings. The first kappa shape index (κ1) is 17.4. The smallest absolute Gasteiger partial charge is 0.323 e. The minimum atomic E-state index is -1.42. The van der Waals surface area contributed by atoms with Gasteiger partial charge in [0.25, 0.3) is 0 Å². The van der Waals surface area contributed by atoms with Gasteiger partial charge in [0.1, 0.15) is 18.4 Å². The van der Waals surface area contributed by atoms with Crippen LogP contribution in [0.4, 0.5) is 0 Å². The molecule has 0 saturated heterocycles. The maximum atomic E-state index is 12.0. The Morgan fingerprint density at radius 3 is 2.30 bits per heavy atom. The molecule has 2 rings (SSSR count). The summed E-state index contributed by atoms with van der Waals surface area (Å²) in [6.07, 6.45) is 0. The fraction of sp³-hybridized carbons (Fsp3) is 0.235. The lowest BCUT2D eigenvalue weighted by molar-refractivity contribution is -0.146. The first-order chi connectivity index (χ1) is 11.2. The number of rotatable bonds is 8. The van der Waals surface area contributed by atoms with Gasteiger partial charge in [0.15, 0.2) is 0 Å². The van der Waals surface area contributed by atoms with Gasteiger partial charge >= 0.3 is 14.5 Å². The van der Waals surface area contributed by atoms with Crippen molar-refractivity contribution in [2.75, 3.05) is 7.11 Å². The van der Waals surface area contributed by atoms with Crippen molar-refractivity contribution in [2.24, 2.45) is 0 Å². The predicted octanol–water partition coefficient (Wildman–Crippen LogP) is 3.66. The van der Waals surface area contributed by atoms with E-state index in [9.17, 15) is 4.79 Å². The lowest BCUT2D eigenvalue weighted by Crippen LogP contribution is -2.33. The average Bonchev–Trinajstić information content (AvgIpc) is 2.60. The third-order valence-electron chi connectivity index (χ3n) is 2.97. The second kappa shape index (κ2) is 9.26. The molecule has 0 aliphatic carbocycles. The highest BCUT2D eigenvalue weighted by Crippen LogP contribution is 2.34. The van der Waals surface area contributed by atoms with Gasteiger partial charge in [-0.05, 0) is 24.6 Å². The van der Waals surface area contributed by atoms with Gasteiger partial charge in [-0.25, -0.2) is 5.09 Å². The third kappa shape index (κ3) is 5.99. The molecule has 0 aromatic heterocycles. The maximum absolute atomic E-state index is 12.0. The molecule has 6 heteroatoms. The minimum Gasteiger partial charge on any atom is -0.460 e. The van der Waals surface area contributed by atoms with Crippen LogP contribution < -0.4 is 9.61 Å². The van der Waals surface area contributed by atoms with Gasteiger partial charge in [0.05, 0.1) is 0 Å². The van der Waals surface area contributed by atoms with Crippen molar-refractivity contribution in [3.05, 3.63) is 66.2 Å². The van der Waals surface area contributed by atoms with Crippen molar-refractivity contribution < 1.29 is 18.6 Å². The van der Waals surface area contributed by atoms with Crippen molar-refractivity contribution >= 4 is 14.5 Å². The van der Waals surface area contributed by atoms with E-state index in [0.717, 1.165) is 5.56 Å². The van der Waals surface area contributed by atoms with Gasteiger partial charge in [0.2, 0.25) is 0 Å². The fourth-order valence-electron chi connectivity index (χ4n) is 1.76. The highest BCUT2D eigenvalue weighted by atomic mass is 31.2. The average molecular weight is 333 g/mol. The first-order valence-electron chi connectivity index (χ1n) is 7.23. The number of carbonyl (C=O) groups excluding carboxylic acids is 1. The molecule has 0 saturated carbocycles. The molecule has 2 atom stereocenters. The van der Waals surface area contributed by atoms with Gasteiger partial charge in [-0.3, -0.25) is 4.79 Å². The topological polar surface area (TPSA) is 56.8 Å². The predicted molar refractivity (Wildman–Crippen MR) is 89.8 cm³/mol. The second-order valence-corrected chi connectivity index (χ2v) is 6.11. The van der Waals surface area contributed by atoms with Crippen molar-refractivity contribution in [3.63, 3.8) is 0 Å². The molecule has 0 bridgehead atoms. The van der Waals surface area contributed by atoms with Crippen LogP contribution in [-0.4, -0.2) is 19.1 Å². The molecule has 0 amide bonds. The molecule has 122 valence electrons. The molecule has 0 spiro atoms. The normalized spacial score (nSPS) is 13.1. The Labute approximate surface area is 137 Å². The molecule has 0 fully saturated rings. The molecule has 23 heavy (non-hydrogen) atoms. The Hall–Kier alpha value is -1.94. The van der Waals surface area contributed by atoms with Gasteiger partial charge in [-0.2, -0.15) is 0 Å². The zero-order chi connectivity index (χ0) is 16.5. The molecule has 2 aromatic rings. The Kier molecular flexibility index (Phi) is 7.01. The van der Waals surface area contributed by atoms with Crippen LogP contribution in [-0.2, 0) is 20.7 Å². The lowest BCUT2D eigenvalue weighted by atomic mass is 10.2. The molecular weight excluding hydrogens is 313 g/mol. The number of benzene rings is 2. The summed E-state index contributed by atoms with van der Waals surface area (Å²) in [6.45, 7) is 1.96. The van der Waals surface area contributed by atoms with Crippen LogP contribution in [0.15, 0.2) is 60.7 Å². The highest BCUT2D eigenvalue weighted by Gasteiger charge is 2.21. The molecular formula is C17H20NO4P. The number of esters is 1. The van der Waals surface area contributed by atoms with E-state index < -0.39 is 14.6 Å². The molecule has 0 aliphatic heterocycles. The van der Waals surface area contributed by atoms with E-state index in [2.05, 4.69) is 5.09 Å². The van der Waals surface area contributed by atoms with Crippen molar-refractivity contribution in [2.45, 2.75) is 19.6 Å². The van der Waals surface area contributed by atoms with Crippen molar-refractivity contribution in [1.29, 1.82) is 0 Å². The SMILES string of the molecule is COP(N[C@@H](C)C(=O)OCc1ccccc1)Oc1ccccc1. The summed E-state index contributed by atoms with van der Waals surface area (Å²) < 4.78 is 16.2. The van der Waals surface area contributed by atoms with Crippen LogP contribution in [0, 0.1) is 0 Å². The Morgan fingerprint density at radius 2 is 1.70 bits per heavy atom. The van der Waals surface area contributed by atoms with E-state index in [1.807, 2.05) is 60.7 Å². The van der Waals surface area contributed by atoms with Crippen LogP contribution in [0.25, 0.3) is 0 Å². The quantitative estimate of drug-likeness (QED) is 0.590. The Balaban J connectivity index is 1.81. The van der Waals surface area contributed by atoms with Crippen molar-refractivity contribution in [1.82, 2.24) is 5.09 Å². The zero-order valence-corrected chi connectivity index (χ0v) is 14.0. The van der Waals surface area contributed by atoms with E-state index in [1.165, 1.54) is 7.11 Å². The molecule has 1 unspecified atom stereocenters. The molecule has 0 radical (unpaired) electrons. The largest absolute Gasteiger partial charge is 0.460 e. The van der Waals surface area contributed by atoms with Gasteiger partial charge in [0, 0.05) is 7.11 Å². The zero-order valence-electron chi connectivity index (χ0n) is 13.1. The van der Waals surface area contributed by atoms with Crippen LogP contribution in [0.3, 0.4) is 0 Å². The third-order valence-corrected chi connectivity index (χ3v) is 4.28. The van der Waals surface area contributed by atoms with Crippen molar-refractivity contribution in [3.8, 4) is 5.75 Å². The number of para-hydroxylation sites is 1. The fourth-order valence-corrected chi connectivity index (χ4v) is 2.73. The molecule has 5 nitrogen and oxygen atoms in total. The monoisotopic (exact) mass is 333 g/mol. The van der Waals surface area contributed by atoms with Gasteiger partial charge < -0.3 is 13.8 Å². The van der Waals surface area contributed by atoms with E-state index in [1.54, 1.807) is 6.92 Å². The summed E-state index contributed by atoms with van der Waals surface area (Å²) in [5.41, 5.74) is 0.947. The highest BCUT2D eigenvalue weighted by molar-refractivity contribution is 7.45. The summed E-state index contributed by atoms with van der Waals surface area (Å²) in [5, 5.41) is 3.00. The molecule has 2 aromatic carbocycles. The van der Waals surface area contributed by atoms with Crippen LogP contribution >= 0.6 is 8.53 Å². The number of nitrogens with one attached hydrogen (secondary N) is 1. The summed E-state index contributed by atoms with van der Waals surface area (Å²) in [5.74, 6) is 0.327. The Morgan fingerprint density at radius 1 is 1.09 bits per heavy atom. The Bertz CT molecular complexity index is 594. The number of hydrogen-bond donors (Lipinski definition) is 1. The van der Waals surface area contributed by atoms with Crippen LogP contribution in [0.5, 0.6) is 5.75 Å². The number of hydrogen-bond acceptors (Lipinski definition) is 5. The summed E-state index contributed by atoms with van der Waals surface area (Å²) in [6, 6.07) is 18.3. The van der Waals surface area contributed by atoms with E-state index in [4.69, 9.17) is 13.8 Å². The number of ether oxygens (including phenoxy) is 1. The van der Waals surface area contributed by atoms with E-state index in [0.29, 0.717) is 5.75 Å². The summed E-state index contributed by atoms with van der Waals surface area (Å²) in [4.78, 5) is 12.0. The summed E-state index contributed by atoms with van der Waals surface area (Å²) >= 11 is 0. The van der Waals surface area contributed by atoms with Crippen LogP contribution in [0.1, 0.15) is 12.5 Å². The van der Waals surface area contributed by atoms with Gasteiger partial charge in [-0.15, -0.1) is 0 Å².